The first-order valence-electron chi connectivity index (χ1n) is 6.33. The summed E-state index contributed by atoms with van der Waals surface area (Å²) in [6.45, 7) is -1.34. The molecule has 1 heterocycles. The van der Waals surface area contributed by atoms with Gasteiger partial charge in [0.05, 0.1) is 10.9 Å². The lowest BCUT2D eigenvalue weighted by Gasteiger charge is -2.07. The van der Waals surface area contributed by atoms with E-state index in [9.17, 15) is 13.2 Å². The number of aromatic nitrogens is 1. The molecule has 6 N–H and O–H groups in total. The summed E-state index contributed by atoms with van der Waals surface area (Å²) in [5.41, 5.74) is 10.6. The van der Waals surface area contributed by atoms with E-state index < -0.39 is 12.7 Å². The molecule has 0 saturated heterocycles. The van der Waals surface area contributed by atoms with Crippen molar-refractivity contribution in [3.05, 3.63) is 18.2 Å². The molecule has 0 spiro atoms. The largest absolute Gasteiger partial charge is 0.408 e. The highest BCUT2D eigenvalue weighted by molar-refractivity contribution is 7.99. The third-order valence-corrected chi connectivity index (χ3v) is 3.26. The first kappa shape index (κ1) is 21.3. The van der Waals surface area contributed by atoms with Crippen molar-refractivity contribution in [1.82, 2.24) is 4.98 Å². The number of aliphatic imine (C=N–C) groups is 1. The number of halogens is 4. The highest BCUT2D eigenvalue weighted by Gasteiger charge is 2.26. The zero-order valence-corrected chi connectivity index (χ0v) is 13.7. The fourth-order valence-corrected chi connectivity index (χ4v) is 2.19. The minimum Gasteiger partial charge on any atom is -0.388 e. The predicted octanol–water partition coefficient (Wildman–Crippen LogP) is 2.60. The number of guanidine groups is 1. The highest BCUT2D eigenvalue weighted by Crippen LogP contribution is 2.19. The molecule has 1 rings (SSSR count). The second-order valence-electron chi connectivity index (χ2n) is 4.28. The van der Waals surface area contributed by atoms with Gasteiger partial charge in [-0.25, -0.2) is 9.98 Å². The predicted molar refractivity (Wildman–Crippen MR) is 89.5 cm³/mol. The average Bonchev–Trinajstić information content (AvgIpc) is 2.41. The van der Waals surface area contributed by atoms with Crippen molar-refractivity contribution in [3.63, 3.8) is 0 Å². The van der Waals surface area contributed by atoms with Gasteiger partial charge in [-0.05, 0) is 24.3 Å². The van der Waals surface area contributed by atoms with Gasteiger partial charge in [0.2, 0.25) is 0 Å². The first-order chi connectivity index (χ1) is 10.3. The van der Waals surface area contributed by atoms with E-state index >= 15 is 0 Å². The Balaban J connectivity index is 0.00000484. The van der Waals surface area contributed by atoms with Crippen molar-refractivity contribution in [3.8, 4) is 0 Å². The van der Waals surface area contributed by atoms with E-state index in [0.717, 1.165) is 12.2 Å². The minimum atomic E-state index is -4.39. The fourth-order valence-electron chi connectivity index (χ4n) is 1.35. The molecule has 0 unspecified atom stereocenters. The van der Waals surface area contributed by atoms with Crippen LogP contribution in [0, 0.1) is 5.41 Å². The van der Waals surface area contributed by atoms with Gasteiger partial charge in [0, 0.05) is 6.42 Å². The third kappa shape index (κ3) is 10.6. The number of thioether (sulfide) groups is 1. The van der Waals surface area contributed by atoms with Gasteiger partial charge in [0.25, 0.3) is 0 Å². The fraction of sp³-hybridized carbons (Fsp3) is 0.417. The second-order valence-corrected chi connectivity index (χ2v) is 5.40. The molecule has 0 atom stereocenters. The molecule has 1 aromatic rings. The average molecular weight is 371 g/mol. The first-order valence-corrected chi connectivity index (χ1v) is 7.31. The zero-order chi connectivity index (χ0) is 16.6. The smallest absolute Gasteiger partial charge is 0.388 e. The lowest BCUT2D eigenvalue weighted by Crippen LogP contribution is -2.26. The normalized spacial score (nSPS) is 11.7. The Bertz CT molecular complexity index is 538. The number of pyridine rings is 1. The summed E-state index contributed by atoms with van der Waals surface area (Å²) < 4.78 is 36.0. The summed E-state index contributed by atoms with van der Waals surface area (Å²) >= 11 is 1.46. The number of rotatable bonds is 7. The Morgan fingerprint density at radius 2 is 2.04 bits per heavy atom. The quantitative estimate of drug-likeness (QED) is 0.255. The molecule has 23 heavy (non-hydrogen) atoms. The summed E-state index contributed by atoms with van der Waals surface area (Å²) in [4.78, 5) is 7.39. The van der Waals surface area contributed by atoms with Crippen LogP contribution < -0.4 is 16.8 Å². The molecule has 130 valence electrons. The number of nitrogens with two attached hydrogens (primary N) is 2. The lowest BCUT2D eigenvalue weighted by atomic mass is 10.3. The molecular weight excluding hydrogens is 353 g/mol. The molecule has 0 aliphatic carbocycles. The van der Waals surface area contributed by atoms with Gasteiger partial charge >= 0.3 is 6.18 Å². The Hall–Kier alpha value is -1.68. The van der Waals surface area contributed by atoms with Gasteiger partial charge in [-0.15, -0.1) is 24.2 Å². The van der Waals surface area contributed by atoms with E-state index in [-0.39, 0.29) is 24.2 Å². The van der Waals surface area contributed by atoms with Gasteiger partial charge < -0.3 is 16.8 Å². The number of hydrogen-bond acceptors (Lipinski definition) is 4. The second kappa shape index (κ2) is 10.2. The van der Waals surface area contributed by atoms with Crippen LogP contribution in [0.25, 0.3) is 0 Å². The molecule has 0 amide bonds. The third-order valence-electron chi connectivity index (χ3n) is 2.25. The maximum atomic E-state index is 12.0. The minimum absolute atomic E-state index is 0. The Kier molecular flexibility index (Phi) is 9.42. The van der Waals surface area contributed by atoms with Crippen molar-refractivity contribution >= 4 is 41.8 Å². The van der Waals surface area contributed by atoms with E-state index in [0.29, 0.717) is 17.3 Å². The van der Waals surface area contributed by atoms with Gasteiger partial charge in [0.1, 0.15) is 12.4 Å². The number of anilines is 1. The molecule has 0 saturated carbocycles. The van der Waals surface area contributed by atoms with Crippen molar-refractivity contribution in [2.45, 2.75) is 24.0 Å². The molecule has 11 heteroatoms. The van der Waals surface area contributed by atoms with Gasteiger partial charge in [0.15, 0.2) is 5.96 Å². The number of hydrogen-bond donors (Lipinski definition) is 4. The van der Waals surface area contributed by atoms with Crippen LogP contribution in [-0.2, 0) is 0 Å². The van der Waals surface area contributed by atoms with Crippen molar-refractivity contribution in [2.75, 3.05) is 17.6 Å². The van der Waals surface area contributed by atoms with Crippen LogP contribution in [0.1, 0.15) is 12.8 Å². The van der Waals surface area contributed by atoms with E-state index in [1.165, 1.54) is 11.8 Å². The zero-order valence-electron chi connectivity index (χ0n) is 12.1. The van der Waals surface area contributed by atoms with Gasteiger partial charge in [-0.1, -0.05) is 6.07 Å². The maximum absolute atomic E-state index is 12.0. The number of nitrogens with zero attached hydrogens (tertiary/aromatic N) is 2. The van der Waals surface area contributed by atoms with E-state index in [4.69, 9.17) is 16.9 Å². The molecule has 1 aromatic heterocycles. The lowest BCUT2D eigenvalue weighted by molar-refractivity contribution is -0.118. The summed E-state index contributed by atoms with van der Waals surface area (Å²) in [6, 6.07) is 5.06. The van der Waals surface area contributed by atoms with Crippen molar-refractivity contribution in [1.29, 1.82) is 5.41 Å². The molecule has 0 bridgehead atoms. The topological polar surface area (TPSA) is 113 Å². The molecule has 0 fully saturated rings. The summed E-state index contributed by atoms with van der Waals surface area (Å²) in [5, 5.41) is 10.3. The molecule has 0 radical (unpaired) electrons. The monoisotopic (exact) mass is 370 g/mol. The number of alkyl halides is 3. The van der Waals surface area contributed by atoms with E-state index in [1.54, 1.807) is 18.2 Å². The van der Waals surface area contributed by atoms with Crippen LogP contribution >= 0.6 is 24.2 Å². The maximum Gasteiger partial charge on any atom is 0.408 e. The van der Waals surface area contributed by atoms with Crippen molar-refractivity contribution in [2.24, 2.45) is 16.5 Å². The van der Waals surface area contributed by atoms with Crippen LogP contribution in [0.5, 0.6) is 0 Å². The number of nitrogens with one attached hydrogen (secondary N) is 2. The molecule has 0 aliphatic rings. The van der Waals surface area contributed by atoms with Gasteiger partial charge in [-0.3, -0.25) is 5.41 Å². The van der Waals surface area contributed by atoms with Crippen LogP contribution in [0.2, 0.25) is 0 Å². The molecular formula is C12H18ClF3N6S. The van der Waals surface area contributed by atoms with Crippen LogP contribution in [0.3, 0.4) is 0 Å². The number of amidine groups is 1. The molecule has 6 nitrogen and oxygen atoms in total. The van der Waals surface area contributed by atoms with Crippen LogP contribution in [0.4, 0.5) is 19.0 Å². The molecule has 0 aliphatic heterocycles. The summed E-state index contributed by atoms with van der Waals surface area (Å²) in [7, 11) is 0. The Morgan fingerprint density at radius 1 is 1.35 bits per heavy atom. The SMILES string of the molecule is Cl.N=C(N)CCCSc1cccc(NC(N)=NCC(F)(F)F)n1. The summed E-state index contributed by atoms with van der Waals surface area (Å²) in [5.74, 6) is 0.842. The Labute approximate surface area is 142 Å². The van der Waals surface area contributed by atoms with Crippen LogP contribution in [0.15, 0.2) is 28.2 Å². The van der Waals surface area contributed by atoms with Crippen molar-refractivity contribution < 1.29 is 13.2 Å². The van der Waals surface area contributed by atoms with E-state index in [2.05, 4.69) is 15.3 Å². The van der Waals surface area contributed by atoms with Gasteiger partial charge in [-0.2, -0.15) is 13.2 Å². The van der Waals surface area contributed by atoms with Crippen LogP contribution in [-0.4, -0.2) is 35.3 Å². The standard InChI is InChI=1S/C12H17F3N6S.ClH/c13-12(14,15)7-19-11(18)21-9-4-1-5-10(20-9)22-6-2-3-8(16)17;/h1,4-5H,2-3,6-7H2,(H3,16,17)(H3,18,19,20,21);1H. The molecule has 0 aromatic carbocycles. The Morgan fingerprint density at radius 3 is 2.65 bits per heavy atom. The van der Waals surface area contributed by atoms with E-state index in [1.807, 2.05) is 0 Å². The summed E-state index contributed by atoms with van der Waals surface area (Å²) in [6.07, 6.45) is -3.13. The highest BCUT2D eigenvalue weighted by atomic mass is 35.5.